The molecule has 4 nitrogen and oxygen atoms in total. The number of para-hydroxylation sites is 2. The highest BCUT2D eigenvalue weighted by molar-refractivity contribution is 8.19. The maximum atomic E-state index is 14.0. The minimum atomic E-state index is -0.0800. The van der Waals surface area contributed by atoms with Crippen LogP contribution in [-0.4, -0.2) is 18.2 Å². The van der Waals surface area contributed by atoms with E-state index in [1.165, 1.54) is 11.8 Å². The molecule has 0 bridgehead atoms. The highest BCUT2D eigenvalue weighted by Crippen LogP contribution is 2.41. The van der Waals surface area contributed by atoms with Gasteiger partial charge >= 0.3 is 0 Å². The molecule has 0 saturated carbocycles. The second kappa shape index (κ2) is 10.4. The summed E-state index contributed by atoms with van der Waals surface area (Å²) in [5, 5.41) is 2.80. The van der Waals surface area contributed by atoms with E-state index in [2.05, 4.69) is 38.1 Å². The molecule has 1 heterocycles. The number of carbonyl (C=O) groups excluding carboxylic acids is 1. The van der Waals surface area contributed by atoms with Crippen LogP contribution in [0.4, 0.5) is 11.4 Å². The number of ether oxygens (including phenoxy) is 1. The number of fused-ring (bicyclic) bond motifs is 1. The number of hydrogen-bond acceptors (Lipinski definition) is 4. The molecule has 4 aromatic carbocycles. The van der Waals surface area contributed by atoms with Gasteiger partial charge in [0, 0.05) is 5.56 Å². The zero-order valence-corrected chi connectivity index (χ0v) is 21.5. The van der Waals surface area contributed by atoms with Gasteiger partial charge in [0.25, 0.3) is 5.91 Å². The maximum absolute atomic E-state index is 14.0. The molecule has 180 valence electrons. The van der Waals surface area contributed by atoms with Crippen molar-refractivity contribution in [3.63, 3.8) is 0 Å². The lowest BCUT2D eigenvalue weighted by molar-refractivity contribution is -0.113. The topological polar surface area (TPSA) is 41.9 Å². The van der Waals surface area contributed by atoms with Gasteiger partial charge in [0.05, 0.1) is 23.4 Å². The molecule has 1 aliphatic rings. The first-order chi connectivity index (χ1) is 17.6. The lowest BCUT2D eigenvalue weighted by Gasteiger charge is -2.19. The van der Waals surface area contributed by atoms with Crippen molar-refractivity contribution >= 4 is 51.1 Å². The predicted molar refractivity (Wildman–Crippen MR) is 152 cm³/mol. The summed E-state index contributed by atoms with van der Waals surface area (Å²) in [5.74, 6) is 0.653. The number of carbonyl (C=O) groups is 1. The molecule has 5 rings (SSSR count). The first kappa shape index (κ1) is 23.9. The zero-order chi connectivity index (χ0) is 25.1. The van der Waals surface area contributed by atoms with Crippen LogP contribution in [0.25, 0.3) is 16.8 Å². The average Bonchev–Trinajstić information content (AvgIpc) is 3.23. The van der Waals surface area contributed by atoms with E-state index in [1.54, 1.807) is 12.0 Å². The molecule has 0 aromatic heterocycles. The van der Waals surface area contributed by atoms with Crippen molar-refractivity contribution < 1.29 is 9.53 Å². The summed E-state index contributed by atoms with van der Waals surface area (Å²) in [6.45, 7) is 4.22. The van der Waals surface area contributed by atoms with E-state index in [4.69, 9.17) is 9.73 Å². The Morgan fingerprint density at radius 1 is 0.861 bits per heavy atom. The van der Waals surface area contributed by atoms with E-state index in [-0.39, 0.29) is 5.91 Å². The number of aryl methyl sites for hydroxylation is 2. The number of thioether (sulfide) groups is 1. The van der Waals surface area contributed by atoms with Gasteiger partial charge in [0.1, 0.15) is 5.75 Å². The summed E-state index contributed by atoms with van der Waals surface area (Å²) in [6.07, 6.45) is 3.64. The number of rotatable bonds is 6. The van der Waals surface area contributed by atoms with Crippen LogP contribution in [0.5, 0.6) is 5.75 Å². The fraction of sp³-hybridized carbons (Fsp3) is 0.161. The van der Waals surface area contributed by atoms with E-state index in [1.807, 2.05) is 66.7 Å². The van der Waals surface area contributed by atoms with Crippen molar-refractivity contribution in [3.05, 3.63) is 107 Å². The van der Waals surface area contributed by atoms with Gasteiger partial charge < -0.3 is 4.74 Å². The summed E-state index contributed by atoms with van der Waals surface area (Å²) in [7, 11) is 1.66. The molecule has 0 unspecified atom stereocenters. The molecule has 0 spiro atoms. The van der Waals surface area contributed by atoms with Crippen LogP contribution in [0, 0.1) is 0 Å². The largest absolute Gasteiger partial charge is 0.496 e. The van der Waals surface area contributed by atoms with Crippen LogP contribution in [0.2, 0.25) is 0 Å². The Labute approximate surface area is 216 Å². The summed E-state index contributed by atoms with van der Waals surface area (Å²) in [6, 6.07) is 28.3. The van der Waals surface area contributed by atoms with Crippen LogP contribution in [0.15, 0.2) is 94.8 Å². The van der Waals surface area contributed by atoms with Crippen LogP contribution in [-0.2, 0) is 17.6 Å². The molecule has 0 atom stereocenters. The van der Waals surface area contributed by atoms with E-state index in [0.29, 0.717) is 10.1 Å². The number of nitrogens with zero attached hydrogens (tertiary/aromatic N) is 2. The van der Waals surface area contributed by atoms with Crippen molar-refractivity contribution in [2.75, 3.05) is 12.0 Å². The molecule has 0 aliphatic carbocycles. The fourth-order valence-corrected chi connectivity index (χ4v) is 5.51. The fourth-order valence-electron chi connectivity index (χ4n) is 4.54. The molecule has 1 fully saturated rings. The van der Waals surface area contributed by atoms with Crippen molar-refractivity contribution in [2.45, 2.75) is 26.7 Å². The molecule has 4 aromatic rings. The number of methoxy groups -OCH3 is 1. The van der Waals surface area contributed by atoms with E-state index in [0.717, 1.165) is 57.4 Å². The quantitative estimate of drug-likeness (QED) is 0.258. The first-order valence-corrected chi connectivity index (χ1v) is 13.0. The molecule has 0 N–H and O–H groups in total. The first-order valence-electron chi connectivity index (χ1n) is 12.2. The number of amidine groups is 1. The number of hydrogen-bond donors (Lipinski definition) is 0. The second-order valence-electron chi connectivity index (χ2n) is 8.51. The van der Waals surface area contributed by atoms with Gasteiger partial charge in [-0.2, -0.15) is 0 Å². The highest BCUT2D eigenvalue weighted by Gasteiger charge is 2.36. The van der Waals surface area contributed by atoms with E-state index < -0.39 is 0 Å². The van der Waals surface area contributed by atoms with Gasteiger partial charge in [-0.1, -0.05) is 80.6 Å². The third kappa shape index (κ3) is 4.42. The number of benzene rings is 4. The smallest absolute Gasteiger partial charge is 0.271 e. The van der Waals surface area contributed by atoms with Crippen LogP contribution < -0.4 is 9.64 Å². The molecule has 1 aliphatic heterocycles. The second-order valence-corrected chi connectivity index (χ2v) is 9.52. The van der Waals surface area contributed by atoms with Crippen molar-refractivity contribution in [1.82, 2.24) is 0 Å². The number of amides is 1. The molecular weight excluding hydrogens is 464 g/mol. The highest BCUT2D eigenvalue weighted by atomic mass is 32.2. The Morgan fingerprint density at radius 2 is 1.56 bits per heavy atom. The summed E-state index contributed by atoms with van der Waals surface area (Å²) < 4.78 is 5.69. The predicted octanol–water partition coefficient (Wildman–Crippen LogP) is 7.78. The monoisotopic (exact) mass is 492 g/mol. The zero-order valence-electron chi connectivity index (χ0n) is 20.7. The van der Waals surface area contributed by atoms with Gasteiger partial charge in [0.2, 0.25) is 0 Å². The summed E-state index contributed by atoms with van der Waals surface area (Å²) >= 11 is 1.41. The van der Waals surface area contributed by atoms with Crippen LogP contribution >= 0.6 is 11.8 Å². The molecule has 1 amide bonds. The normalized spacial score (nSPS) is 15.9. The van der Waals surface area contributed by atoms with E-state index in [9.17, 15) is 4.79 Å². The third-order valence-corrected chi connectivity index (χ3v) is 7.40. The Bertz CT molecular complexity index is 1510. The van der Waals surface area contributed by atoms with Crippen molar-refractivity contribution in [2.24, 2.45) is 4.99 Å². The van der Waals surface area contributed by atoms with Crippen LogP contribution in [0.3, 0.4) is 0 Å². The molecule has 36 heavy (non-hydrogen) atoms. The van der Waals surface area contributed by atoms with Crippen LogP contribution in [0.1, 0.15) is 30.5 Å². The van der Waals surface area contributed by atoms with Gasteiger partial charge in [-0.15, -0.1) is 0 Å². The Kier molecular flexibility index (Phi) is 6.92. The summed E-state index contributed by atoms with van der Waals surface area (Å²) in [4.78, 5) is 21.4. The van der Waals surface area contributed by atoms with Gasteiger partial charge in [-0.3, -0.25) is 9.69 Å². The summed E-state index contributed by atoms with van der Waals surface area (Å²) in [5.41, 5.74) is 4.91. The molecule has 1 saturated heterocycles. The minimum Gasteiger partial charge on any atom is -0.496 e. The lowest BCUT2D eigenvalue weighted by atomic mass is 10.0. The maximum Gasteiger partial charge on any atom is 0.271 e. The van der Waals surface area contributed by atoms with E-state index >= 15 is 0 Å². The number of aliphatic imine (C=N–C) groups is 1. The van der Waals surface area contributed by atoms with Gasteiger partial charge in [0.15, 0.2) is 5.17 Å². The van der Waals surface area contributed by atoms with Gasteiger partial charge in [-0.25, -0.2) is 4.99 Å². The third-order valence-electron chi connectivity index (χ3n) is 6.43. The lowest BCUT2D eigenvalue weighted by Crippen LogP contribution is -2.29. The van der Waals surface area contributed by atoms with Crippen molar-refractivity contribution in [1.29, 1.82) is 0 Å². The Balaban J connectivity index is 1.69. The molecule has 5 heteroatoms. The Morgan fingerprint density at radius 3 is 2.33 bits per heavy atom. The SMILES string of the molecule is CCc1ccccc1N=C1S/C(=C/c2c(OC)ccc3ccccc23)C(=O)N1c1ccccc1CC. The van der Waals surface area contributed by atoms with Crippen molar-refractivity contribution in [3.8, 4) is 5.75 Å². The average molecular weight is 493 g/mol. The standard InChI is InChI=1S/C31H28N2O2S/c1-4-21-12-7-10-16-26(21)32-31-33(27-17-11-8-13-22(27)5-2)30(34)29(36-31)20-25-24-15-9-6-14-23(24)18-19-28(25)35-3/h6-20H,4-5H2,1-3H3/b29-20+,32-31?. The molecular formula is C31H28N2O2S. The number of anilines is 1. The Hall–Kier alpha value is -3.83. The molecule has 0 radical (unpaired) electrons. The van der Waals surface area contributed by atoms with Gasteiger partial charge in [-0.05, 0) is 70.8 Å². The minimum absolute atomic E-state index is 0.0800.